The Hall–Kier alpha value is -2.73. The molecule has 3 atom stereocenters. The number of Topliss-reactive ketones (excluding diaryl/α,β-unsaturated/α-hetero) is 1. The molecule has 1 aromatic heterocycles. The third-order valence-corrected chi connectivity index (χ3v) is 6.97. The average Bonchev–Trinajstić information content (AvgIpc) is 3.31. The number of aliphatic imine (C=N–C) groups is 1. The molecule has 31 heavy (non-hydrogen) atoms. The van der Waals surface area contributed by atoms with Gasteiger partial charge in [0.1, 0.15) is 11.7 Å². The summed E-state index contributed by atoms with van der Waals surface area (Å²) in [5, 5.41) is 1.98. The van der Waals surface area contributed by atoms with E-state index < -0.39 is 5.92 Å². The normalized spacial score (nSPS) is 23.3. The van der Waals surface area contributed by atoms with Gasteiger partial charge >= 0.3 is 5.97 Å². The lowest BCUT2D eigenvalue weighted by atomic mass is 9.71. The number of hydrogen-bond donors (Lipinski definition) is 0. The molecule has 1 aromatic carbocycles. The molecule has 2 aliphatic rings. The molecule has 162 valence electrons. The highest BCUT2D eigenvalue weighted by Crippen LogP contribution is 2.48. The Bertz CT molecular complexity index is 1040. The maximum Gasteiger partial charge on any atom is 0.315 e. The zero-order valence-electron chi connectivity index (χ0n) is 18.1. The largest absolute Gasteiger partial charge is 0.496 e. The lowest BCUT2D eigenvalue weighted by Crippen LogP contribution is -2.37. The van der Waals surface area contributed by atoms with Crippen molar-refractivity contribution in [1.82, 2.24) is 0 Å². The molecule has 0 fully saturated rings. The minimum atomic E-state index is -0.560. The summed E-state index contributed by atoms with van der Waals surface area (Å²) in [6, 6.07) is 11.8. The summed E-state index contributed by atoms with van der Waals surface area (Å²) in [6.45, 7) is 4.21. The number of allylic oxidation sites excluding steroid dienone is 2. The van der Waals surface area contributed by atoms with E-state index >= 15 is 0 Å². The molecule has 6 heteroatoms. The number of nitrogens with zero attached hydrogens (tertiary/aromatic N) is 1. The van der Waals surface area contributed by atoms with Crippen molar-refractivity contribution in [3.63, 3.8) is 0 Å². The minimum Gasteiger partial charge on any atom is -0.496 e. The van der Waals surface area contributed by atoms with Crippen molar-refractivity contribution in [2.45, 2.75) is 44.9 Å². The van der Waals surface area contributed by atoms with Crippen LogP contribution in [-0.2, 0) is 14.3 Å². The van der Waals surface area contributed by atoms with Gasteiger partial charge in [0, 0.05) is 40.1 Å². The molecule has 1 aliphatic heterocycles. The van der Waals surface area contributed by atoms with Gasteiger partial charge in [-0.25, -0.2) is 0 Å². The van der Waals surface area contributed by atoms with Gasteiger partial charge in [0.25, 0.3) is 0 Å². The first kappa shape index (κ1) is 21.5. The van der Waals surface area contributed by atoms with E-state index in [1.807, 2.05) is 55.6 Å². The molecule has 0 saturated carbocycles. The Morgan fingerprint density at radius 1 is 1.19 bits per heavy atom. The van der Waals surface area contributed by atoms with E-state index in [-0.39, 0.29) is 23.6 Å². The van der Waals surface area contributed by atoms with Crippen LogP contribution in [0.25, 0.3) is 0 Å². The van der Waals surface area contributed by atoms with Gasteiger partial charge in [0.05, 0.1) is 13.7 Å². The highest BCUT2D eigenvalue weighted by molar-refractivity contribution is 7.10. The molecule has 2 heterocycles. The molecule has 0 amide bonds. The standard InChI is InChI=1S/C25H27NO4S/c1-4-11-30-25(28)22-15(2)26-18-13-16(17-8-5-6-9-20(17)29-3)14-19(27)23(18)24(22)21-10-7-12-31-21/h5-10,12,16,22,24H,4,11,13-14H2,1-3H3. The Kier molecular flexibility index (Phi) is 6.37. The Morgan fingerprint density at radius 3 is 2.71 bits per heavy atom. The lowest BCUT2D eigenvalue weighted by Gasteiger charge is -2.36. The van der Waals surface area contributed by atoms with E-state index in [0.29, 0.717) is 30.7 Å². The fraction of sp³-hybridized carbons (Fsp3) is 0.400. The van der Waals surface area contributed by atoms with Crippen LogP contribution in [-0.4, -0.2) is 31.2 Å². The zero-order valence-corrected chi connectivity index (χ0v) is 18.9. The van der Waals surface area contributed by atoms with Crippen LogP contribution in [0.5, 0.6) is 5.75 Å². The van der Waals surface area contributed by atoms with Gasteiger partial charge in [-0.1, -0.05) is 31.2 Å². The summed E-state index contributed by atoms with van der Waals surface area (Å²) in [7, 11) is 1.65. The summed E-state index contributed by atoms with van der Waals surface area (Å²) < 4.78 is 11.0. The third kappa shape index (κ3) is 4.09. The van der Waals surface area contributed by atoms with E-state index in [4.69, 9.17) is 14.5 Å². The minimum absolute atomic E-state index is 0.00605. The first-order valence-electron chi connectivity index (χ1n) is 10.7. The number of carbonyl (C=O) groups is 2. The van der Waals surface area contributed by atoms with Gasteiger partial charge in [-0.15, -0.1) is 11.3 Å². The topological polar surface area (TPSA) is 65.0 Å². The van der Waals surface area contributed by atoms with Gasteiger partial charge < -0.3 is 9.47 Å². The SMILES string of the molecule is CCCOC(=O)C1C(C)=NC2=C(C(=O)CC(c3ccccc3OC)C2)C1c1cccs1. The monoisotopic (exact) mass is 437 g/mol. The van der Waals surface area contributed by atoms with E-state index in [1.54, 1.807) is 18.4 Å². The molecule has 0 radical (unpaired) electrons. The number of methoxy groups -OCH3 is 1. The van der Waals surface area contributed by atoms with Crippen LogP contribution < -0.4 is 4.74 Å². The number of para-hydroxylation sites is 1. The molecule has 4 rings (SSSR count). The van der Waals surface area contributed by atoms with Crippen molar-refractivity contribution < 1.29 is 19.1 Å². The van der Waals surface area contributed by atoms with Crippen LogP contribution in [0.2, 0.25) is 0 Å². The first-order valence-corrected chi connectivity index (χ1v) is 11.6. The van der Waals surface area contributed by atoms with E-state index in [9.17, 15) is 9.59 Å². The van der Waals surface area contributed by atoms with E-state index in [1.165, 1.54) is 0 Å². The van der Waals surface area contributed by atoms with Crippen molar-refractivity contribution in [3.8, 4) is 5.75 Å². The Balaban J connectivity index is 1.75. The van der Waals surface area contributed by atoms with Crippen molar-refractivity contribution >= 4 is 28.8 Å². The number of ether oxygens (including phenoxy) is 2. The smallest absolute Gasteiger partial charge is 0.315 e. The van der Waals surface area contributed by atoms with Crippen LogP contribution in [0.15, 0.2) is 58.0 Å². The highest BCUT2D eigenvalue weighted by Gasteiger charge is 2.45. The number of rotatable bonds is 6. The number of thiophene rings is 1. The molecule has 0 saturated heterocycles. The first-order chi connectivity index (χ1) is 15.0. The van der Waals surface area contributed by atoms with Gasteiger partial charge in [0.15, 0.2) is 5.78 Å². The van der Waals surface area contributed by atoms with Crippen LogP contribution in [0, 0.1) is 5.92 Å². The second-order valence-corrected chi connectivity index (χ2v) is 9.00. The quantitative estimate of drug-likeness (QED) is 0.577. The van der Waals surface area contributed by atoms with Gasteiger partial charge in [-0.05, 0) is 42.8 Å². The van der Waals surface area contributed by atoms with E-state index in [2.05, 4.69) is 0 Å². The van der Waals surface area contributed by atoms with Crippen LogP contribution in [0.1, 0.15) is 55.4 Å². The fourth-order valence-electron chi connectivity index (χ4n) is 4.66. The van der Waals surface area contributed by atoms with Crippen LogP contribution in [0.4, 0.5) is 0 Å². The maximum atomic E-state index is 13.5. The van der Waals surface area contributed by atoms with E-state index in [0.717, 1.165) is 28.3 Å². The number of esters is 1. The molecule has 1 aliphatic carbocycles. The predicted octanol–water partition coefficient (Wildman–Crippen LogP) is 5.29. The molecule has 0 bridgehead atoms. The lowest BCUT2D eigenvalue weighted by molar-refractivity contribution is -0.146. The third-order valence-electron chi connectivity index (χ3n) is 6.02. The summed E-state index contributed by atoms with van der Waals surface area (Å²) in [6.07, 6.45) is 1.79. The van der Waals surface area contributed by atoms with Crippen molar-refractivity contribution in [2.24, 2.45) is 10.9 Å². The highest BCUT2D eigenvalue weighted by atomic mass is 32.1. The van der Waals surface area contributed by atoms with Crippen LogP contribution >= 0.6 is 11.3 Å². The van der Waals surface area contributed by atoms with Gasteiger partial charge in [0.2, 0.25) is 0 Å². The summed E-state index contributed by atoms with van der Waals surface area (Å²) in [4.78, 5) is 32.3. The molecular weight excluding hydrogens is 410 g/mol. The van der Waals surface area contributed by atoms with Gasteiger partial charge in [-0.2, -0.15) is 0 Å². The predicted molar refractivity (Wildman–Crippen MR) is 122 cm³/mol. The molecule has 0 spiro atoms. The van der Waals surface area contributed by atoms with Crippen LogP contribution in [0.3, 0.4) is 0 Å². The average molecular weight is 438 g/mol. The molecular formula is C25H27NO4S. The maximum absolute atomic E-state index is 13.5. The van der Waals surface area contributed by atoms with Gasteiger partial charge in [-0.3, -0.25) is 14.6 Å². The number of ketones is 1. The molecule has 2 aromatic rings. The number of hydrogen-bond acceptors (Lipinski definition) is 6. The zero-order chi connectivity index (χ0) is 22.0. The van der Waals surface area contributed by atoms with Crippen molar-refractivity contribution in [3.05, 3.63) is 63.5 Å². The molecule has 3 unspecified atom stereocenters. The number of carbonyl (C=O) groups excluding carboxylic acids is 2. The second kappa shape index (κ2) is 9.18. The second-order valence-electron chi connectivity index (χ2n) is 8.02. The summed E-state index contributed by atoms with van der Waals surface area (Å²) in [5.74, 6) is -0.338. The summed E-state index contributed by atoms with van der Waals surface area (Å²) >= 11 is 1.57. The van der Waals surface area contributed by atoms with Crippen molar-refractivity contribution in [1.29, 1.82) is 0 Å². The molecule has 5 nitrogen and oxygen atoms in total. The Labute approximate surface area is 186 Å². The molecule has 0 N–H and O–H groups in total. The Morgan fingerprint density at radius 2 is 2.00 bits per heavy atom. The number of benzene rings is 1. The summed E-state index contributed by atoms with van der Waals surface area (Å²) in [5.41, 5.74) is 3.21. The fourth-order valence-corrected chi connectivity index (χ4v) is 5.53. The van der Waals surface area contributed by atoms with Crippen molar-refractivity contribution in [2.75, 3.05) is 13.7 Å².